The van der Waals surface area contributed by atoms with Crippen molar-refractivity contribution in [1.82, 2.24) is 5.32 Å². The second kappa shape index (κ2) is 8.71. The van der Waals surface area contributed by atoms with Crippen LogP contribution in [0.3, 0.4) is 0 Å². The number of methoxy groups -OCH3 is 1. The Morgan fingerprint density at radius 2 is 1.73 bits per heavy atom. The molecule has 2 aromatic rings. The summed E-state index contributed by atoms with van der Waals surface area (Å²) in [7, 11) is -1.57. The summed E-state index contributed by atoms with van der Waals surface area (Å²) in [6.45, 7) is 3.32. The maximum absolute atomic E-state index is 12.1. The first-order valence-corrected chi connectivity index (χ1v) is 10.0. The molecule has 0 saturated carbocycles. The number of ether oxygens (including phenoxy) is 1. The van der Waals surface area contributed by atoms with Gasteiger partial charge in [-0.1, -0.05) is 30.3 Å². The van der Waals surface area contributed by atoms with Crippen molar-refractivity contribution in [2.24, 2.45) is 0 Å². The lowest BCUT2D eigenvalue weighted by atomic mass is 10.0. The zero-order valence-corrected chi connectivity index (χ0v) is 16.0. The lowest BCUT2D eigenvalue weighted by Gasteiger charge is -2.13. The lowest BCUT2D eigenvalue weighted by Crippen LogP contribution is -2.34. The van der Waals surface area contributed by atoms with Crippen LogP contribution in [0.1, 0.15) is 13.8 Å². The van der Waals surface area contributed by atoms with E-state index in [-0.39, 0.29) is 12.3 Å². The summed E-state index contributed by atoms with van der Waals surface area (Å²) in [5, 5.41) is 4.91. The van der Waals surface area contributed by atoms with Crippen LogP contribution in [0.5, 0.6) is 5.75 Å². The number of para-hydroxylation sites is 1. The van der Waals surface area contributed by atoms with Crippen LogP contribution < -0.4 is 15.4 Å². The SMILES string of the molecule is COc1ccc(-c2ccccc2NC(=O)NCCS(=O)(=O)C(C)C)cc1. The fourth-order valence-electron chi connectivity index (χ4n) is 2.32. The fraction of sp³-hybridized carbons (Fsp3) is 0.316. The third-order valence-corrected chi connectivity index (χ3v) is 6.18. The Morgan fingerprint density at radius 1 is 1.08 bits per heavy atom. The van der Waals surface area contributed by atoms with E-state index >= 15 is 0 Å². The van der Waals surface area contributed by atoms with Gasteiger partial charge in [-0.2, -0.15) is 0 Å². The second-order valence-electron chi connectivity index (χ2n) is 6.07. The molecule has 0 radical (unpaired) electrons. The number of hydrogen-bond acceptors (Lipinski definition) is 4. The number of rotatable bonds is 7. The molecular formula is C19H24N2O4S. The third kappa shape index (κ3) is 5.23. The number of nitrogens with one attached hydrogen (secondary N) is 2. The number of carbonyl (C=O) groups is 1. The highest BCUT2D eigenvalue weighted by molar-refractivity contribution is 7.92. The van der Waals surface area contributed by atoms with E-state index in [0.717, 1.165) is 16.9 Å². The molecule has 0 bridgehead atoms. The summed E-state index contributed by atoms with van der Waals surface area (Å²) in [5.74, 6) is 0.668. The van der Waals surface area contributed by atoms with Crippen LogP contribution in [-0.4, -0.2) is 39.1 Å². The van der Waals surface area contributed by atoms with Gasteiger partial charge >= 0.3 is 6.03 Å². The van der Waals surface area contributed by atoms with Crippen molar-refractivity contribution in [2.45, 2.75) is 19.1 Å². The highest BCUT2D eigenvalue weighted by atomic mass is 32.2. The van der Waals surface area contributed by atoms with E-state index in [9.17, 15) is 13.2 Å². The van der Waals surface area contributed by atoms with Gasteiger partial charge in [0.25, 0.3) is 0 Å². The topological polar surface area (TPSA) is 84.5 Å². The monoisotopic (exact) mass is 376 g/mol. The van der Waals surface area contributed by atoms with Crippen LogP contribution in [0.25, 0.3) is 11.1 Å². The van der Waals surface area contributed by atoms with Gasteiger partial charge < -0.3 is 15.4 Å². The first-order chi connectivity index (χ1) is 12.3. The Balaban J connectivity index is 2.04. The highest BCUT2D eigenvalue weighted by Crippen LogP contribution is 2.29. The number of benzene rings is 2. The molecule has 26 heavy (non-hydrogen) atoms. The molecule has 0 aliphatic heterocycles. The van der Waals surface area contributed by atoms with Crippen molar-refractivity contribution in [2.75, 3.05) is 24.7 Å². The van der Waals surface area contributed by atoms with Crippen molar-refractivity contribution < 1.29 is 17.9 Å². The number of hydrogen-bond donors (Lipinski definition) is 2. The summed E-state index contributed by atoms with van der Waals surface area (Å²) in [5.41, 5.74) is 2.44. The van der Waals surface area contributed by atoms with Crippen molar-refractivity contribution in [3.8, 4) is 16.9 Å². The van der Waals surface area contributed by atoms with Gasteiger partial charge in [-0.05, 0) is 37.6 Å². The van der Waals surface area contributed by atoms with E-state index in [0.29, 0.717) is 5.69 Å². The van der Waals surface area contributed by atoms with Crippen molar-refractivity contribution in [3.63, 3.8) is 0 Å². The number of sulfone groups is 1. The number of urea groups is 1. The van der Waals surface area contributed by atoms with Crippen molar-refractivity contribution in [1.29, 1.82) is 0 Å². The molecule has 0 fully saturated rings. The Morgan fingerprint density at radius 3 is 2.35 bits per heavy atom. The zero-order chi connectivity index (χ0) is 19.2. The number of anilines is 1. The number of amides is 2. The van der Waals surface area contributed by atoms with Gasteiger partial charge in [0.15, 0.2) is 9.84 Å². The van der Waals surface area contributed by atoms with Gasteiger partial charge in [0.2, 0.25) is 0 Å². The molecule has 0 unspecified atom stereocenters. The Hall–Kier alpha value is -2.54. The van der Waals surface area contributed by atoms with Crippen molar-refractivity contribution >= 4 is 21.6 Å². The molecule has 7 heteroatoms. The molecule has 0 spiro atoms. The van der Waals surface area contributed by atoms with E-state index < -0.39 is 21.1 Å². The van der Waals surface area contributed by atoms with Crippen LogP contribution in [0.2, 0.25) is 0 Å². The Bertz CT molecular complexity index is 846. The van der Waals surface area contributed by atoms with Gasteiger partial charge in [0.1, 0.15) is 5.75 Å². The predicted molar refractivity (Wildman–Crippen MR) is 104 cm³/mol. The van der Waals surface area contributed by atoms with Gasteiger partial charge in [-0.25, -0.2) is 13.2 Å². The molecule has 0 aliphatic carbocycles. The van der Waals surface area contributed by atoms with Crippen LogP contribution in [0.15, 0.2) is 48.5 Å². The Kier molecular flexibility index (Phi) is 6.63. The molecule has 2 N–H and O–H groups in total. The maximum atomic E-state index is 12.1. The summed E-state index contributed by atoms with van der Waals surface area (Å²) in [6.07, 6.45) is 0. The lowest BCUT2D eigenvalue weighted by molar-refractivity contribution is 0.252. The largest absolute Gasteiger partial charge is 0.497 e. The van der Waals surface area contributed by atoms with E-state index in [1.54, 1.807) is 27.0 Å². The summed E-state index contributed by atoms with van der Waals surface area (Å²) >= 11 is 0. The third-order valence-electron chi connectivity index (χ3n) is 3.97. The maximum Gasteiger partial charge on any atom is 0.319 e. The van der Waals surface area contributed by atoms with Crippen molar-refractivity contribution in [3.05, 3.63) is 48.5 Å². The molecule has 6 nitrogen and oxygen atoms in total. The average molecular weight is 376 g/mol. The fourth-order valence-corrected chi connectivity index (χ4v) is 3.18. The standard InChI is InChI=1S/C19H24N2O4S/c1-14(2)26(23,24)13-12-20-19(22)21-18-7-5-4-6-17(18)15-8-10-16(25-3)11-9-15/h4-11,14H,12-13H2,1-3H3,(H2,20,21,22). The van der Waals surface area contributed by atoms with Gasteiger partial charge in [-0.15, -0.1) is 0 Å². The van der Waals surface area contributed by atoms with E-state index in [4.69, 9.17) is 4.74 Å². The van der Waals surface area contributed by atoms with E-state index in [1.807, 2.05) is 42.5 Å². The molecule has 2 amide bonds. The van der Waals surface area contributed by atoms with Gasteiger partial charge in [-0.3, -0.25) is 0 Å². The molecule has 2 rings (SSSR count). The van der Waals surface area contributed by atoms with Crippen LogP contribution in [0.4, 0.5) is 10.5 Å². The molecule has 2 aromatic carbocycles. The van der Waals surface area contributed by atoms with E-state index in [2.05, 4.69) is 10.6 Å². The van der Waals surface area contributed by atoms with E-state index in [1.165, 1.54) is 0 Å². The first kappa shape index (κ1) is 19.8. The second-order valence-corrected chi connectivity index (χ2v) is 8.75. The Labute approximate surface area is 154 Å². The minimum atomic E-state index is -3.18. The summed E-state index contributed by atoms with van der Waals surface area (Å²) in [4.78, 5) is 12.1. The zero-order valence-electron chi connectivity index (χ0n) is 15.2. The van der Waals surface area contributed by atoms with Gasteiger partial charge in [0, 0.05) is 12.1 Å². The number of carbonyl (C=O) groups excluding carboxylic acids is 1. The summed E-state index contributed by atoms with van der Waals surface area (Å²) in [6, 6.07) is 14.5. The summed E-state index contributed by atoms with van der Waals surface area (Å²) < 4.78 is 28.7. The molecule has 0 aliphatic rings. The molecule has 0 aromatic heterocycles. The van der Waals surface area contributed by atoms with Crippen LogP contribution >= 0.6 is 0 Å². The van der Waals surface area contributed by atoms with Crippen LogP contribution in [-0.2, 0) is 9.84 Å². The molecule has 0 heterocycles. The van der Waals surface area contributed by atoms with Crippen LogP contribution in [0, 0.1) is 0 Å². The average Bonchev–Trinajstić information content (AvgIpc) is 2.62. The van der Waals surface area contributed by atoms with Gasteiger partial charge in [0.05, 0.1) is 23.8 Å². The molecular weight excluding hydrogens is 352 g/mol. The quantitative estimate of drug-likeness (QED) is 0.776. The molecule has 140 valence electrons. The minimum Gasteiger partial charge on any atom is -0.497 e. The normalized spacial score (nSPS) is 11.2. The molecule has 0 saturated heterocycles. The first-order valence-electron chi connectivity index (χ1n) is 8.33. The highest BCUT2D eigenvalue weighted by Gasteiger charge is 2.16. The smallest absolute Gasteiger partial charge is 0.319 e. The minimum absolute atomic E-state index is 0.0665. The molecule has 0 atom stereocenters. The predicted octanol–water partition coefficient (Wildman–Crippen LogP) is 3.31.